The van der Waals surface area contributed by atoms with Gasteiger partial charge in [0.1, 0.15) is 0 Å². The summed E-state index contributed by atoms with van der Waals surface area (Å²) in [5.41, 5.74) is 5.78. The van der Waals surface area contributed by atoms with Crippen LogP contribution in [0.5, 0.6) is 0 Å². The summed E-state index contributed by atoms with van der Waals surface area (Å²) in [4.78, 5) is 14.4. The van der Waals surface area contributed by atoms with Gasteiger partial charge in [-0.25, -0.2) is 0 Å². The van der Waals surface area contributed by atoms with Crippen molar-refractivity contribution < 1.29 is 9.90 Å². The van der Waals surface area contributed by atoms with Gasteiger partial charge in [-0.1, -0.05) is 47.5 Å². The zero-order chi connectivity index (χ0) is 20.4. The van der Waals surface area contributed by atoms with Gasteiger partial charge in [-0.05, 0) is 59.5 Å². The Morgan fingerprint density at radius 1 is 1.00 bits per heavy atom. The van der Waals surface area contributed by atoms with Crippen molar-refractivity contribution in [1.82, 2.24) is 5.32 Å². The van der Waals surface area contributed by atoms with Crippen LogP contribution in [0.2, 0.25) is 10.0 Å². The fourth-order valence-corrected chi connectivity index (χ4v) is 4.00. The van der Waals surface area contributed by atoms with E-state index in [9.17, 15) is 4.79 Å². The zero-order valence-electron chi connectivity index (χ0n) is 15.7. The molecule has 0 radical (unpaired) electrons. The normalized spacial score (nSPS) is 12.7. The fraction of sp³-hybridized carbons (Fsp3) is 0.174. The summed E-state index contributed by atoms with van der Waals surface area (Å²) in [7, 11) is 0. The molecule has 0 spiro atoms. The summed E-state index contributed by atoms with van der Waals surface area (Å²) in [5, 5.41) is 12.9. The molecule has 6 heteroatoms. The van der Waals surface area contributed by atoms with E-state index in [1.807, 2.05) is 30.3 Å². The van der Waals surface area contributed by atoms with Crippen LogP contribution in [0.15, 0.2) is 60.7 Å². The van der Waals surface area contributed by atoms with Gasteiger partial charge >= 0.3 is 0 Å². The highest BCUT2D eigenvalue weighted by Gasteiger charge is 2.23. The van der Waals surface area contributed by atoms with Gasteiger partial charge in [0, 0.05) is 29.4 Å². The van der Waals surface area contributed by atoms with E-state index in [2.05, 4.69) is 28.4 Å². The molecule has 1 heterocycles. The zero-order valence-corrected chi connectivity index (χ0v) is 17.2. The second kappa shape index (κ2) is 8.46. The molecule has 3 aromatic rings. The Morgan fingerprint density at radius 3 is 2.66 bits per heavy atom. The van der Waals surface area contributed by atoms with Crippen LogP contribution in [0, 0.1) is 0 Å². The molecule has 148 valence electrons. The van der Waals surface area contributed by atoms with Gasteiger partial charge in [-0.15, -0.1) is 0 Å². The van der Waals surface area contributed by atoms with Gasteiger partial charge in [0.05, 0.1) is 17.3 Å². The molecule has 0 atom stereocenters. The Hall–Kier alpha value is -2.53. The molecule has 4 rings (SSSR count). The van der Waals surface area contributed by atoms with Gasteiger partial charge in [-0.3, -0.25) is 4.79 Å². The van der Waals surface area contributed by atoms with Crippen molar-refractivity contribution in [1.29, 1.82) is 0 Å². The SMILES string of the molecule is O=C(NCCO)c1cccc(-c2ccc3c(c2)N(c2cc(Cl)ccc2Cl)CC3)c1. The number of aliphatic hydroxyl groups excluding tert-OH is 1. The summed E-state index contributed by atoms with van der Waals surface area (Å²) in [6, 6.07) is 19.3. The minimum absolute atomic E-state index is 0.0852. The number of halogens is 2. The van der Waals surface area contributed by atoms with Crippen LogP contribution in [0.4, 0.5) is 11.4 Å². The Kier molecular flexibility index (Phi) is 5.76. The third kappa shape index (κ3) is 4.10. The van der Waals surface area contributed by atoms with E-state index in [1.54, 1.807) is 12.1 Å². The summed E-state index contributed by atoms with van der Waals surface area (Å²) in [6.45, 7) is 0.984. The molecule has 0 unspecified atom stereocenters. The second-order valence-corrected chi connectivity index (χ2v) is 7.74. The van der Waals surface area contributed by atoms with E-state index in [1.165, 1.54) is 5.56 Å². The van der Waals surface area contributed by atoms with Crippen LogP contribution < -0.4 is 10.2 Å². The monoisotopic (exact) mass is 426 g/mol. The van der Waals surface area contributed by atoms with Crippen molar-refractivity contribution in [3.05, 3.63) is 81.8 Å². The fourth-order valence-electron chi connectivity index (χ4n) is 3.61. The van der Waals surface area contributed by atoms with Crippen LogP contribution in [0.1, 0.15) is 15.9 Å². The average Bonchev–Trinajstić information content (AvgIpc) is 3.17. The Bertz CT molecular complexity index is 1070. The Labute approximate surface area is 179 Å². The molecule has 0 bridgehead atoms. The first-order valence-electron chi connectivity index (χ1n) is 9.42. The number of anilines is 2. The van der Waals surface area contributed by atoms with Gasteiger partial charge in [0.15, 0.2) is 0 Å². The minimum atomic E-state index is -0.200. The molecule has 1 amide bonds. The van der Waals surface area contributed by atoms with Gasteiger partial charge in [-0.2, -0.15) is 0 Å². The number of nitrogens with zero attached hydrogens (tertiary/aromatic N) is 1. The number of hydrogen-bond acceptors (Lipinski definition) is 3. The van der Waals surface area contributed by atoms with E-state index >= 15 is 0 Å². The van der Waals surface area contributed by atoms with Crippen molar-refractivity contribution in [2.75, 3.05) is 24.6 Å². The molecular formula is C23H20Cl2N2O2. The Morgan fingerprint density at radius 2 is 1.83 bits per heavy atom. The molecule has 29 heavy (non-hydrogen) atoms. The highest BCUT2D eigenvalue weighted by molar-refractivity contribution is 6.35. The average molecular weight is 427 g/mol. The lowest BCUT2D eigenvalue weighted by Crippen LogP contribution is -2.26. The summed E-state index contributed by atoms with van der Waals surface area (Å²) in [6.07, 6.45) is 0.933. The standard InChI is InChI=1S/C23H20Cl2N2O2/c24-19-6-7-20(25)22(14-19)27-10-8-15-4-5-17(13-21(15)27)16-2-1-3-18(12-16)23(29)26-9-11-28/h1-7,12-14,28H,8-11H2,(H,26,29). The summed E-state index contributed by atoms with van der Waals surface area (Å²) >= 11 is 12.6. The second-order valence-electron chi connectivity index (χ2n) is 6.90. The molecule has 0 saturated carbocycles. The topological polar surface area (TPSA) is 52.6 Å². The molecule has 0 aliphatic carbocycles. The number of amides is 1. The van der Waals surface area contributed by atoms with E-state index in [0.29, 0.717) is 15.6 Å². The van der Waals surface area contributed by atoms with Crippen molar-refractivity contribution >= 4 is 40.5 Å². The van der Waals surface area contributed by atoms with Crippen LogP contribution in [-0.4, -0.2) is 30.7 Å². The number of carbonyl (C=O) groups excluding carboxylic acids is 1. The van der Waals surface area contributed by atoms with Crippen LogP contribution in [0.3, 0.4) is 0 Å². The predicted octanol–water partition coefficient (Wildman–Crippen LogP) is 5.08. The molecule has 0 aromatic heterocycles. The van der Waals surface area contributed by atoms with Crippen LogP contribution in [0.25, 0.3) is 11.1 Å². The number of fused-ring (bicyclic) bond motifs is 1. The summed E-state index contributed by atoms with van der Waals surface area (Å²) in [5.74, 6) is -0.200. The lowest BCUT2D eigenvalue weighted by atomic mass is 10.00. The number of rotatable bonds is 5. The molecule has 0 saturated heterocycles. The molecule has 2 N–H and O–H groups in total. The maximum Gasteiger partial charge on any atom is 0.251 e. The smallest absolute Gasteiger partial charge is 0.251 e. The van der Waals surface area contributed by atoms with Crippen molar-refractivity contribution in [3.8, 4) is 11.1 Å². The predicted molar refractivity (Wildman–Crippen MR) is 118 cm³/mol. The number of benzene rings is 3. The lowest BCUT2D eigenvalue weighted by Gasteiger charge is -2.22. The van der Waals surface area contributed by atoms with Crippen LogP contribution >= 0.6 is 23.2 Å². The maximum atomic E-state index is 12.2. The largest absolute Gasteiger partial charge is 0.395 e. The maximum absolute atomic E-state index is 12.2. The Balaban J connectivity index is 1.69. The molecule has 1 aliphatic heterocycles. The molecular weight excluding hydrogens is 407 g/mol. The lowest BCUT2D eigenvalue weighted by molar-refractivity contribution is 0.0945. The van der Waals surface area contributed by atoms with Gasteiger partial charge < -0.3 is 15.3 Å². The molecule has 1 aliphatic rings. The highest BCUT2D eigenvalue weighted by Crippen LogP contribution is 2.41. The van der Waals surface area contributed by atoms with E-state index < -0.39 is 0 Å². The van der Waals surface area contributed by atoms with Gasteiger partial charge in [0.2, 0.25) is 0 Å². The first kappa shape index (κ1) is 19.8. The third-order valence-corrected chi connectivity index (χ3v) is 5.59. The molecule has 0 fully saturated rings. The van der Waals surface area contributed by atoms with E-state index in [0.717, 1.165) is 35.5 Å². The van der Waals surface area contributed by atoms with E-state index in [4.69, 9.17) is 28.3 Å². The number of nitrogens with one attached hydrogen (secondary N) is 1. The van der Waals surface area contributed by atoms with Crippen molar-refractivity contribution in [3.63, 3.8) is 0 Å². The molecule has 4 nitrogen and oxygen atoms in total. The first-order valence-corrected chi connectivity index (χ1v) is 10.2. The first-order chi connectivity index (χ1) is 14.1. The van der Waals surface area contributed by atoms with Crippen molar-refractivity contribution in [2.24, 2.45) is 0 Å². The number of carbonyl (C=O) groups is 1. The molecule has 3 aromatic carbocycles. The highest BCUT2D eigenvalue weighted by atomic mass is 35.5. The minimum Gasteiger partial charge on any atom is -0.395 e. The van der Waals surface area contributed by atoms with E-state index in [-0.39, 0.29) is 19.1 Å². The number of hydrogen-bond donors (Lipinski definition) is 2. The number of aliphatic hydroxyl groups is 1. The van der Waals surface area contributed by atoms with Crippen LogP contribution in [-0.2, 0) is 6.42 Å². The van der Waals surface area contributed by atoms with Crippen molar-refractivity contribution in [2.45, 2.75) is 6.42 Å². The summed E-state index contributed by atoms with van der Waals surface area (Å²) < 4.78 is 0. The third-order valence-electron chi connectivity index (χ3n) is 5.04. The quantitative estimate of drug-likeness (QED) is 0.598. The van der Waals surface area contributed by atoms with Gasteiger partial charge in [0.25, 0.3) is 5.91 Å².